The van der Waals surface area contributed by atoms with Gasteiger partial charge in [-0.2, -0.15) is 9.78 Å². The lowest BCUT2D eigenvalue weighted by atomic mass is 9.95. The Labute approximate surface area is 240 Å². The molecule has 3 aromatic carbocycles. The first-order valence-electron chi connectivity index (χ1n) is 11.1. The Morgan fingerprint density at radius 2 is 1.75 bits per heavy atom. The fraction of sp³-hybridized carbons (Fsp3) is 0.222. The number of fused-ring (bicyclic) bond motifs is 1. The van der Waals surface area contributed by atoms with E-state index >= 15 is 0 Å². The molecule has 0 bridgehead atoms. The Hall–Kier alpha value is -2.24. The largest absolute Gasteiger partial charge is 0.493 e. The lowest BCUT2D eigenvalue weighted by Gasteiger charge is -2.21. The molecule has 0 saturated heterocycles. The molecule has 0 aliphatic carbocycles. The molecule has 4 rings (SSSR count). The van der Waals surface area contributed by atoms with Crippen molar-refractivity contribution < 1.29 is 9.47 Å². The fourth-order valence-corrected chi connectivity index (χ4v) is 4.96. The van der Waals surface area contributed by atoms with Gasteiger partial charge in [-0.05, 0) is 76.2 Å². The number of hydrogen-bond donors (Lipinski definition) is 0. The van der Waals surface area contributed by atoms with Gasteiger partial charge in [-0.1, -0.05) is 64.8 Å². The molecular formula is C27H24Br2IN3O3. The maximum absolute atomic E-state index is 13.4. The molecule has 0 fully saturated rings. The number of hydrogen-bond acceptors (Lipinski definition) is 5. The zero-order chi connectivity index (χ0) is 26.0. The van der Waals surface area contributed by atoms with E-state index in [1.165, 1.54) is 4.68 Å². The van der Waals surface area contributed by atoms with Crippen molar-refractivity contribution in [3.05, 3.63) is 94.4 Å². The molecule has 0 aliphatic heterocycles. The number of benzene rings is 3. The maximum Gasteiger partial charge on any atom is 0.282 e. The first-order chi connectivity index (χ1) is 17.1. The number of aromatic nitrogens is 2. The van der Waals surface area contributed by atoms with Gasteiger partial charge in [0.05, 0.1) is 27.8 Å². The Kier molecular flexibility index (Phi) is 8.21. The molecule has 9 heteroatoms. The summed E-state index contributed by atoms with van der Waals surface area (Å²) in [6.07, 6.45) is 1.64. The Morgan fingerprint density at radius 1 is 1.06 bits per heavy atom. The lowest BCUT2D eigenvalue weighted by molar-refractivity contribution is 0.282. The van der Waals surface area contributed by atoms with E-state index in [0.717, 1.165) is 23.6 Å². The van der Waals surface area contributed by atoms with Gasteiger partial charge in [0.1, 0.15) is 12.4 Å². The van der Waals surface area contributed by atoms with E-state index < -0.39 is 5.41 Å². The minimum atomic E-state index is -0.394. The summed E-state index contributed by atoms with van der Waals surface area (Å²) in [5.74, 6) is 1.82. The van der Waals surface area contributed by atoms with Gasteiger partial charge in [-0.3, -0.25) is 4.79 Å². The monoisotopic (exact) mass is 723 g/mol. The molecule has 0 atom stereocenters. The lowest BCUT2D eigenvalue weighted by Crippen LogP contribution is -2.29. The molecule has 0 amide bonds. The summed E-state index contributed by atoms with van der Waals surface area (Å²) in [6.45, 7) is 6.44. The molecule has 4 aromatic rings. The van der Waals surface area contributed by atoms with Crippen molar-refractivity contribution in [2.45, 2.75) is 32.8 Å². The summed E-state index contributed by atoms with van der Waals surface area (Å²) >= 11 is 9.11. The Morgan fingerprint density at radius 3 is 2.42 bits per heavy atom. The zero-order valence-electron chi connectivity index (χ0n) is 20.2. The van der Waals surface area contributed by atoms with Crippen molar-refractivity contribution >= 4 is 71.6 Å². The highest BCUT2D eigenvalue weighted by Gasteiger charge is 2.23. The van der Waals surface area contributed by atoms with E-state index in [0.29, 0.717) is 34.8 Å². The molecule has 186 valence electrons. The van der Waals surface area contributed by atoms with E-state index in [9.17, 15) is 4.79 Å². The predicted octanol–water partition coefficient (Wildman–Crippen LogP) is 7.29. The van der Waals surface area contributed by atoms with E-state index in [1.807, 2.05) is 69.3 Å². The SMILES string of the molecule is COc1cc(C=Nn2c(C(C)(C)C)nc3ccc(Br)cc3c2=O)cc(I)c1OCc1ccc(Br)cc1. The molecule has 36 heavy (non-hydrogen) atoms. The molecule has 0 N–H and O–H groups in total. The van der Waals surface area contributed by atoms with Crippen LogP contribution < -0.4 is 15.0 Å². The highest BCUT2D eigenvalue weighted by molar-refractivity contribution is 14.1. The van der Waals surface area contributed by atoms with E-state index in [1.54, 1.807) is 19.4 Å². The third-order valence-electron chi connectivity index (χ3n) is 5.35. The first kappa shape index (κ1) is 26.8. The van der Waals surface area contributed by atoms with Crippen LogP contribution in [0.2, 0.25) is 0 Å². The maximum atomic E-state index is 13.4. The van der Waals surface area contributed by atoms with Crippen LogP contribution in [0, 0.1) is 3.57 Å². The standard InChI is InChI=1S/C27H24Br2IN3O3/c1-27(2,3)26-32-22-10-9-19(29)13-20(22)25(34)33(26)31-14-17-11-21(30)24(23(12-17)35-4)36-15-16-5-7-18(28)8-6-16/h5-14H,15H2,1-4H3. The highest BCUT2D eigenvalue weighted by atomic mass is 127. The number of halogens is 3. The summed E-state index contributed by atoms with van der Waals surface area (Å²) in [7, 11) is 1.60. The summed E-state index contributed by atoms with van der Waals surface area (Å²) in [6, 6.07) is 17.2. The van der Waals surface area contributed by atoms with E-state index in [2.05, 4.69) is 59.6 Å². The van der Waals surface area contributed by atoms with Crippen molar-refractivity contribution in [1.29, 1.82) is 0 Å². The summed E-state index contributed by atoms with van der Waals surface area (Å²) in [5, 5.41) is 5.07. The van der Waals surface area contributed by atoms with Crippen LogP contribution in [0.1, 0.15) is 37.7 Å². The normalized spacial score (nSPS) is 11.9. The van der Waals surface area contributed by atoms with Crippen LogP contribution in [0.4, 0.5) is 0 Å². The topological polar surface area (TPSA) is 65.7 Å². The summed E-state index contributed by atoms with van der Waals surface area (Å²) in [4.78, 5) is 18.2. The van der Waals surface area contributed by atoms with Crippen molar-refractivity contribution in [3.8, 4) is 11.5 Å². The Bertz CT molecular complexity index is 1510. The Balaban J connectivity index is 1.71. The van der Waals surface area contributed by atoms with E-state index in [4.69, 9.17) is 14.5 Å². The second-order valence-electron chi connectivity index (χ2n) is 9.16. The van der Waals surface area contributed by atoms with Crippen LogP contribution in [-0.4, -0.2) is 23.0 Å². The van der Waals surface area contributed by atoms with Gasteiger partial charge in [-0.25, -0.2) is 4.98 Å². The van der Waals surface area contributed by atoms with Crippen LogP contribution in [0.15, 0.2) is 73.4 Å². The highest BCUT2D eigenvalue weighted by Crippen LogP contribution is 2.34. The van der Waals surface area contributed by atoms with Crippen LogP contribution >= 0.6 is 54.5 Å². The van der Waals surface area contributed by atoms with Crippen molar-refractivity contribution in [3.63, 3.8) is 0 Å². The zero-order valence-corrected chi connectivity index (χ0v) is 25.5. The minimum absolute atomic E-state index is 0.224. The number of ether oxygens (including phenoxy) is 2. The van der Waals surface area contributed by atoms with Crippen LogP contribution in [0.5, 0.6) is 11.5 Å². The molecule has 0 radical (unpaired) electrons. The smallest absolute Gasteiger partial charge is 0.282 e. The minimum Gasteiger partial charge on any atom is -0.493 e. The quantitative estimate of drug-likeness (QED) is 0.155. The van der Waals surface area contributed by atoms with Gasteiger partial charge in [0.15, 0.2) is 11.5 Å². The second-order valence-corrected chi connectivity index (χ2v) is 12.2. The van der Waals surface area contributed by atoms with E-state index in [-0.39, 0.29) is 5.56 Å². The van der Waals surface area contributed by atoms with Crippen molar-refractivity contribution in [1.82, 2.24) is 9.66 Å². The average molecular weight is 725 g/mol. The predicted molar refractivity (Wildman–Crippen MR) is 160 cm³/mol. The molecule has 0 saturated carbocycles. The molecular weight excluding hydrogens is 701 g/mol. The first-order valence-corrected chi connectivity index (χ1v) is 13.7. The number of rotatable bonds is 6. The van der Waals surface area contributed by atoms with Gasteiger partial charge >= 0.3 is 0 Å². The third-order valence-corrected chi connectivity index (χ3v) is 7.17. The number of methoxy groups -OCH3 is 1. The molecule has 6 nitrogen and oxygen atoms in total. The summed E-state index contributed by atoms with van der Waals surface area (Å²) < 4.78 is 15.8. The van der Waals surface area contributed by atoms with Crippen LogP contribution in [0.3, 0.4) is 0 Å². The molecule has 0 aliphatic rings. The molecule has 0 spiro atoms. The van der Waals surface area contributed by atoms with Gasteiger partial charge in [0.2, 0.25) is 0 Å². The van der Waals surface area contributed by atoms with Crippen LogP contribution in [0.25, 0.3) is 10.9 Å². The number of nitrogens with zero attached hydrogens (tertiary/aromatic N) is 3. The third kappa shape index (κ3) is 6.00. The van der Waals surface area contributed by atoms with Gasteiger partial charge < -0.3 is 9.47 Å². The fourth-order valence-electron chi connectivity index (χ4n) is 3.56. The second kappa shape index (κ2) is 11.0. The van der Waals surface area contributed by atoms with Gasteiger partial charge in [0.25, 0.3) is 5.56 Å². The molecule has 1 aromatic heterocycles. The van der Waals surface area contributed by atoms with Crippen molar-refractivity contribution in [2.75, 3.05) is 7.11 Å². The molecule has 1 heterocycles. The van der Waals surface area contributed by atoms with Crippen LogP contribution in [-0.2, 0) is 12.0 Å². The molecule has 0 unspecified atom stereocenters. The van der Waals surface area contributed by atoms with Crippen molar-refractivity contribution in [2.24, 2.45) is 5.10 Å². The average Bonchev–Trinajstić information content (AvgIpc) is 2.83. The summed E-state index contributed by atoms with van der Waals surface area (Å²) in [5.41, 5.74) is 1.84. The van der Waals surface area contributed by atoms with Gasteiger partial charge in [-0.15, -0.1) is 0 Å². The van der Waals surface area contributed by atoms with Gasteiger partial charge in [0, 0.05) is 14.4 Å².